The van der Waals surface area contributed by atoms with Crippen molar-refractivity contribution in [3.63, 3.8) is 0 Å². The Hall–Kier alpha value is -2.02. The molecule has 2 aromatic rings. The first-order valence-electron chi connectivity index (χ1n) is 9.11. The van der Waals surface area contributed by atoms with Gasteiger partial charge in [0, 0.05) is 55.6 Å². The molecule has 1 aromatic heterocycles. The minimum atomic E-state index is 0.415. The zero-order valence-corrected chi connectivity index (χ0v) is 17.0. The number of guanidine groups is 1. The molecule has 0 radical (unpaired) electrons. The van der Waals surface area contributed by atoms with Gasteiger partial charge in [-0.05, 0) is 49.6 Å². The van der Waals surface area contributed by atoms with Gasteiger partial charge in [0.1, 0.15) is 0 Å². The molecule has 0 saturated carbocycles. The molecule has 1 saturated heterocycles. The summed E-state index contributed by atoms with van der Waals surface area (Å²) in [5.41, 5.74) is 2.47. The van der Waals surface area contributed by atoms with Gasteiger partial charge in [0.15, 0.2) is 5.96 Å². The number of anilines is 1. The number of nitrogens with zero attached hydrogens (tertiary/aromatic N) is 4. The Morgan fingerprint density at radius 3 is 2.85 bits per heavy atom. The number of hydrogen-bond donors (Lipinski definition) is 2. The van der Waals surface area contributed by atoms with Gasteiger partial charge in [-0.25, -0.2) is 0 Å². The lowest BCUT2D eigenvalue weighted by atomic mass is 10.2. The lowest BCUT2D eigenvalue weighted by Crippen LogP contribution is -2.45. The predicted molar refractivity (Wildman–Crippen MR) is 111 cm³/mol. The molecule has 6 nitrogen and oxygen atoms in total. The second-order valence-electron chi connectivity index (χ2n) is 6.69. The first-order chi connectivity index (χ1) is 12.6. The highest BCUT2D eigenvalue weighted by Gasteiger charge is 2.23. The maximum Gasteiger partial charge on any atom is 0.191 e. The van der Waals surface area contributed by atoms with E-state index in [-0.39, 0.29) is 0 Å². The minimum Gasteiger partial charge on any atom is -0.369 e. The number of rotatable bonds is 6. The van der Waals surface area contributed by atoms with E-state index in [9.17, 15) is 0 Å². The summed E-state index contributed by atoms with van der Waals surface area (Å²) in [6.07, 6.45) is 6.09. The Morgan fingerprint density at radius 1 is 1.35 bits per heavy atom. The highest BCUT2D eigenvalue weighted by Crippen LogP contribution is 2.22. The Bertz CT molecular complexity index is 724. The van der Waals surface area contributed by atoms with Gasteiger partial charge < -0.3 is 15.5 Å². The molecule has 7 heteroatoms. The van der Waals surface area contributed by atoms with E-state index >= 15 is 0 Å². The summed E-state index contributed by atoms with van der Waals surface area (Å²) < 4.78 is 3.10. The van der Waals surface area contributed by atoms with E-state index in [0.717, 1.165) is 49.5 Å². The Balaban J connectivity index is 1.40. The highest BCUT2D eigenvalue weighted by molar-refractivity contribution is 9.10. The van der Waals surface area contributed by atoms with E-state index < -0.39 is 0 Å². The highest BCUT2D eigenvalue weighted by atomic mass is 79.9. The van der Waals surface area contributed by atoms with E-state index in [1.165, 1.54) is 11.3 Å². The SMILES string of the molecule is CN=C(NCCCn1cc(C)cn1)NC1CCN(c2ccc(Br)cc2)C1. The van der Waals surface area contributed by atoms with Crippen LogP contribution in [-0.2, 0) is 6.54 Å². The maximum atomic E-state index is 4.36. The van der Waals surface area contributed by atoms with Crippen molar-refractivity contribution in [2.24, 2.45) is 4.99 Å². The van der Waals surface area contributed by atoms with Crippen molar-refractivity contribution in [1.82, 2.24) is 20.4 Å². The van der Waals surface area contributed by atoms with Crippen LogP contribution in [0.15, 0.2) is 46.1 Å². The fraction of sp³-hybridized carbons (Fsp3) is 0.474. The molecule has 0 amide bonds. The van der Waals surface area contributed by atoms with E-state index in [0.29, 0.717) is 6.04 Å². The second kappa shape index (κ2) is 9.07. The number of benzene rings is 1. The van der Waals surface area contributed by atoms with Crippen molar-refractivity contribution in [1.29, 1.82) is 0 Å². The fourth-order valence-electron chi connectivity index (χ4n) is 3.19. The number of aliphatic imine (C=N–C) groups is 1. The number of aryl methyl sites for hydroxylation is 2. The average molecular weight is 419 g/mol. The average Bonchev–Trinajstić information content (AvgIpc) is 3.27. The summed E-state index contributed by atoms with van der Waals surface area (Å²) in [7, 11) is 1.83. The molecule has 1 atom stereocenters. The molecule has 0 bridgehead atoms. The summed E-state index contributed by atoms with van der Waals surface area (Å²) in [6.45, 7) is 5.91. The summed E-state index contributed by atoms with van der Waals surface area (Å²) in [5, 5.41) is 11.3. The third-order valence-corrected chi connectivity index (χ3v) is 5.09. The van der Waals surface area contributed by atoms with Crippen molar-refractivity contribution in [3.8, 4) is 0 Å². The quantitative estimate of drug-likeness (QED) is 0.430. The molecule has 1 aliphatic rings. The summed E-state index contributed by atoms with van der Waals surface area (Å²) in [6, 6.07) is 8.93. The summed E-state index contributed by atoms with van der Waals surface area (Å²) in [4.78, 5) is 6.77. The first kappa shape index (κ1) is 18.8. The van der Waals surface area contributed by atoms with Crippen LogP contribution in [-0.4, -0.2) is 48.5 Å². The molecular formula is C19H27BrN6. The van der Waals surface area contributed by atoms with E-state index in [1.807, 2.05) is 17.9 Å². The van der Waals surface area contributed by atoms with Crippen LogP contribution in [0.1, 0.15) is 18.4 Å². The Morgan fingerprint density at radius 2 is 2.15 bits per heavy atom. The number of aromatic nitrogens is 2. The number of halogens is 1. The number of hydrogen-bond acceptors (Lipinski definition) is 3. The van der Waals surface area contributed by atoms with Gasteiger partial charge in [-0.1, -0.05) is 15.9 Å². The van der Waals surface area contributed by atoms with Gasteiger partial charge in [0.2, 0.25) is 0 Å². The molecular weight excluding hydrogens is 392 g/mol. The van der Waals surface area contributed by atoms with Crippen LogP contribution in [0.5, 0.6) is 0 Å². The molecule has 0 aliphatic carbocycles. The molecule has 1 aliphatic heterocycles. The molecule has 2 heterocycles. The van der Waals surface area contributed by atoms with Crippen LogP contribution >= 0.6 is 15.9 Å². The summed E-state index contributed by atoms with van der Waals surface area (Å²) >= 11 is 3.49. The Labute approximate surface area is 163 Å². The maximum absolute atomic E-state index is 4.36. The zero-order valence-electron chi connectivity index (χ0n) is 15.5. The largest absolute Gasteiger partial charge is 0.369 e. The first-order valence-corrected chi connectivity index (χ1v) is 9.90. The molecule has 0 spiro atoms. The second-order valence-corrected chi connectivity index (χ2v) is 7.60. The van der Waals surface area contributed by atoms with Gasteiger partial charge in [-0.3, -0.25) is 9.67 Å². The lowest BCUT2D eigenvalue weighted by molar-refractivity contribution is 0.565. The smallest absolute Gasteiger partial charge is 0.191 e. The molecule has 140 valence electrons. The minimum absolute atomic E-state index is 0.415. The molecule has 2 N–H and O–H groups in total. The molecule has 1 aromatic carbocycles. The lowest BCUT2D eigenvalue weighted by Gasteiger charge is -2.20. The van der Waals surface area contributed by atoms with Crippen molar-refractivity contribution in [3.05, 3.63) is 46.7 Å². The third kappa shape index (κ3) is 5.24. The molecule has 3 rings (SSSR count). The topological polar surface area (TPSA) is 57.5 Å². The van der Waals surface area contributed by atoms with Gasteiger partial charge in [0.05, 0.1) is 6.20 Å². The van der Waals surface area contributed by atoms with Crippen molar-refractivity contribution < 1.29 is 0 Å². The molecule has 26 heavy (non-hydrogen) atoms. The summed E-state index contributed by atoms with van der Waals surface area (Å²) in [5.74, 6) is 0.879. The third-order valence-electron chi connectivity index (χ3n) is 4.56. The standard InChI is InChI=1S/C19H27BrN6/c1-15-12-23-26(13-15)10-3-9-22-19(21-2)24-17-8-11-25(14-17)18-6-4-16(20)5-7-18/h4-7,12-13,17H,3,8-11,14H2,1-2H3,(H2,21,22,24). The monoisotopic (exact) mass is 418 g/mol. The van der Waals surface area contributed by atoms with E-state index in [2.05, 4.69) is 78.9 Å². The van der Waals surface area contributed by atoms with Gasteiger partial charge >= 0.3 is 0 Å². The van der Waals surface area contributed by atoms with Crippen molar-refractivity contribution in [2.45, 2.75) is 32.4 Å². The van der Waals surface area contributed by atoms with Crippen LogP contribution in [0.4, 0.5) is 5.69 Å². The normalized spacial score (nSPS) is 17.6. The van der Waals surface area contributed by atoms with Crippen molar-refractivity contribution >= 4 is 27.6 Å². The van der Waals surface area contributed by atoms with Gasteiger partial charge in [-0.15, -0.1) is 0 Å². The molecule has 1 fully saturated rings. The van der Waals surface area contributed by atoms with Crippen LogP contribution in [0.25, 0.3) is 0 Å². The van der Waals surface area contributed by atoms with E-state index in [4.69, 9.17) is 0 Å². The fourth-order valence-corrected chi connectivity index (χ4v) is 3.45. The van der Waals surface area contributed by atoms with Gasteiger partial charge in [0.25, 0.3) is 0 Å². The van der Waals surface area contributed by atoms with Crippen molar-refractivity contribution in [2.75, 3.05) is 31.6 Å². The molecule has 1 unspecified atom stereocenters. The van der Waals surface area contributed by atoms with Crippen LogP contribution in [0.3, 0.4) is 0 Å². The van der Waals surface area contributed by atoms with Gasteiger partial charge in [-0.2, -0.15) is 5.10 Å². The number of nitrogens with one attached hydrogen (secondary N) is 2. The van der Waals surface area contributed by atoms with E-state index in [1.54, 1.807) is 0 Å². The zero-order chi connectivity index (χ0) is 18.4. The van der Waals surface area contributed by atoms with Crippen LogP contribution in [0.2, 0.25) is 0 Å². The predicted octanol–water partition coefficient (Wildman–Crippen LogP) is 2.79. The Kier molecular flexibility index (Phi) is 6.55. The van der Waals surface area contributed by atoms with Crippen LogP contribution in [0, 0.1) is 6.92 Å². The van der Waals surface area contributed by atoms with Crippen LogP contribution < -0.4 is 15.5 Å².